The molecule has 3 aromatic rings. The third-order valence-electron chi connectivity index (χ3n) is 5.01. The molecule has 4 rings (SSSR count). The Morgan fingerprint density at radius 2 is 2.03 bits per heavy atom. The minimum atomic E-state index is -4.74. The van der Waals surface area contributed by atoms with Crippen LogP contribution >= 0.6 is 0 Å². The molecule has 10 heteroatoms. The largest absolute Gasteiger partial charge is 0.418 e. The Balaban J connectivity index is 1.77. The SMILES string of the molecule is Cn1cnc2cc(-c3ccc(C(O)C(F)(F)F)cc3)nc(N[C@@H]3CCOC3)c2c1=O. The van der Waals surface area contributed by atoms with E-state index in [0.717, 1.165) is 6.42 Å². The molecule has 1 aliphatic heterocycles. The molecule has 7 nitrogen and oxygen atoms in total. The summed E-state index contributed by atoms with van der Waals surface area (Å²) < 4.78 is 44.9. The number of rotatable bonds is 4. The number of halogens is 3. The maximum Gasteiger partial charge on any atom is 0.418 e. The summed E-state index contributed by atoms with van der Waals surface area (Å²) >= 11 is 0. The van der Waals surface area contributed by atoms with E-state index in [1.165, 1.54) is 35.2 Å². The van der Waals surface area contributed by atoms with Gasteiger partial charge in [-0.2, -0.15) is 13.2 Å². The van der Waals surface area contributed by atoms with E-state index in [1.807, 2.05) is 0 Å². The highest BCUT2D eigenvalue weighted by molar-refractivity contribution is 5.91. The van der Waals surface area contributed by atoms with Crippen LogP contribution in [0.1, 0.15) is 18.1 Å². The highest BCUT2D eigenvalue weighted by Gasteiger charge is 2.39. The molecule has 1 aromatic carbocycles. The smallest absolute Gasteiger partial charge is 0.379 e. The molecule has 0 bridgehead atoms. The van der Waals surface area contributed by atoms with E-state index < -0.39 is 12.3 Å². The van der Waals surface area contributed by atoms with E-state index in [2.05, 4.69) is 15.3 Å². The zero-order chi connectivity index (χ0) is 21.5. The van der Waals surface area contributed by atoms with Crippen LogP contribution in [0.5, 0.6) is 0 Å². The van der Waals surface area contributed by atoms with Gasteiger partial charge in [-0.05, 0) is 18.1 Å². The Hall–Kier alpha value is -2.98. The van der Waals surface area contributed by atoms with Gasteiger partial charge in [0.25, 0.3) is 5.56 Å². The average molecular weight is 420 g/mol. The first kappa shape index (κ1) is 20.3. The Morgan fingerprint density at radius 3 is 2.67 bits per heavy atom. The van der Waals surface area contributed by atoms with E-state index >= 15 is 0 Å². The van der Waals surface area contributed by atoms with Gasteiger partial charge in [-0.25, -0.2) is 9.97 Å². The summed E-state index contributed by atoms with van der Waals surface area (Å²) in [6, 6.07) is 6.90. The molecule has 2 N–H and O–H groups in total. The minimum Gasteiger partial charge on any atom is -0.379 e. The van der Waals surface area contributed by atoms with Gasteiger partial charge in [0, 0.05) is 19.2 Å². The molecule has 30 heavy (non-hydrogen) atoms. The van der Waals surface area contributed by atoms with Crippen LogP contribution < -0.4 is 10.9 Å². The number of benzene rings is 1. The summed E-state index contributed by atoms with van der Waals surface area (Å²) in [6.45, 7) is 1.09. The number of pyridine rings is 1. The van der Waals surface area contributed by atoms with Crippen molar-refractivity contribution in [3.63, 3.8) is 0 Å². The molecule has 0 saturated carbocycles. The van der Waals surface area contributed by atoms with Crippen molar-refractivity contribution < 1.29 is 23.0 Å². The van der Waals surface area contributed by atoms with E-state index in [1.54, 1.807) is 13.1 Å². The first-order valence-corrected chi connectivity index (χ1v) is 9.30. The third kappa shape index (κ3) is 3.88. The van der Waals surface area contributed by atoms with E-state index in [0.29, 0.717) is 41.2 Å². The predicted octanol–water partition coefficient (Wildman–Crippen LogP) is 2.79. The Bertz CT molecular complexity index is 1120. The summed E-state index contributed by atoms with van der Waals surface area (Å²) in [5, 5.41) is 13.0. The highest BCUT2D eigenvalue weighted by atomic mass is 19.4. The maximum atomic E-state index is 12.7. The number of aliphatic hydroxyl groups is 1. The van der Waals surface area contributed by atoms with Crippen molar-refractivity contribution in [2.45, 2.75) is 24.7 Å². The molecule has 1 saturated heterocycles. The van der Waals surface area contributed by atoms with Crippen molar-refractivity contribution in [3.8, 4) is 11.3 Å². The standard InChI is InChI=1S/C20H19F3N4O3/c1-27-10-24-15-8-14(11-2-4-12(5-3-11)17(28)20(21,22)23)26-18(16(15)19(27)29)25-13-6-7-30-9-13/h2-5,8,10,13,17,28H,6-7,9H2,1H3,(H,25,26)/t13-,17?/m1/s1. The molecule has 0 spiro atoms. The molecule has 0 amide bonds. The van der Waals surface area contributed by atoms with Gasteiger partial charge in [-0.1, -0.05) is 24.3 Å². The number of fused-ring (bicyclic) bond motifs is 1. The van der Waals surface area contributed by atoms with Gasteiger partial charge in [0.1, 0.15) is 11.2 Å². The number of nitrogens with one attached hydrogen (secondary N) is 1. The monoisotopic (exact) mass is 420 g/mol. The zero-order valence-corrected chi connectivity index (χ0v) is 16.0. The number of nitrogens with zero attached hydrogens (tertiary/aromatic N) is 3. The molecule has 1 fully saturated rings. The van der Waals surface area contributed by atoms with Gasteiger partial charge < -0.3 is 19.7 Å². The van der Waals surface area contributed by atoms with Crippen LogP contribution in [-0.2, 0) is 11.8 Å². The lowest BCUT2D eigenvalue weighted by atomic mass is 10.0. The van der Waals surface area contributed by atoms with Crippen LogP contribution in [0.4, 0.5) is 19.0 Å². The molecular formula is C20H19F3N4O3. The van der Waals surface area contributed by atoms with Crippen molar-refractivity contribution in [1.29, 1.82) is 0 Å². The summed E-state index contributed by atoms with van der Waals surface area (Å²) in [5.74, 6) is 0.353. The molecular weight excluding hydrogens is 401 g/mol. The topological polar surface area (TPSA) is 89.3 Å². The fraction of sp³-hybridized carbons (Fsp3) is 0.350. The lowest BCUT2D eigenvalue weighted by Crippen LogP contribution is -2.24. The summed E-state index contributed by atoms with van der Waals surface area (Å²) in [7, 11) is 1.59. The highest BCUT2D eigenvalue weighted by Crippen LogP contribution is 2.33. The fourth-order valence-electron chi connectivity index (χ4n) is 3.34. The normalized spacial score (nSPS) is 18.0. The van der Waals surface area contributed by atoms with E-state index in [9.17, 15) is 23.1 Å². The first-order chi connectivity index (χ1) is 14.2. The van der Waals surface area contributed by atoms with Crippen molar-refractivity contribution >= 4 is 16.7 Å². The van der Waals surface area contributed by atoms with Crippen molar-refractivity contribution in [1.82, 2.24) is 14.5 Å². The predicted molar refractivity (Wildman–Crippen MR) is 104 cm³/mol. The molecule has 1 aliphatic rings. The van der Waals surface area contributed by atoms with Crippen LogP contribution in [0.15, 0.2) is 41.5 Å². The molecule has 2 atom stereocenters. The van der Waals surface area contributed by atoms with Crippen LogP contribution in [-0.4, -0.2) is 45.1 Å². The molecule has 1 unspecified atom stereocenters. The number of aryl methyl sites for hydroxylation is 1. The first-order valence-electron chi connectivity index (χ1n) is 9.30. The van der Waals surface area contributed by atoms with Gasteiger partial charge in [-0.15, -0.1) is 0 Å². The van der Waals surface area contributed by atoms with Crippen LogP contribution in [0.3, 0.4) is 0 Å². The number of ether oxygens (including phenoxy) is 1. The summed E-state index contributed by atoms with van der Waals surface area (Å²) in [5.41, 5.74) is 0.870. The molecule has 158 valence electrons. The molecule has 0 radical (unpaired) electrons. The summed E-state index contributed by atoms with van der Waals surface area (Å²) in [4.78, 5) is 21.5. The van der Waals surface area contributed by atoms with Gasteiger partial charge in [0.05, 0.1) is 30.2 Å². The lowest BCUT2D eigenvalue weighted by molar-refractivity contribution is -0.206. The average Bonchev–Trinajstić information content (AvgIpc) is 3.22. The van der Waals surface area contributed by atoms with Crippen LogP contribution in [0.25, 0.3) is 22.2 Å². The maximum absolute atomic E-state index is 12.7. The third-order valence-corrected chi connectivity index (χ3v) is 5.01. The molecule has 3 heterocycles. The van der Waals surface area contributed by atoms with Crippen LogP contribution in [0, 0.1) is 0 Å². The van der Waals surface area contributed by atoms with E-state index in [-0.39, 0.29) is 17.2 Å². The number of hydrogen-bond donors (Lipinski definition) is 2. The second-order valence-corrected chi connectivity index (χ2v) is 7.18. The fourth-order valence-corrected chi connectivity index (χ4v) is 3.34. The second-order valence-electron chi connectivity index (χ2n) is 7.18. The number of anilines is 1. The van der Waals surface area contributed by atoms with Gasteiger partial charge in [-0.3, -0.25) is 4.79 Å². The van der Waals surface area contributed by atoms with Crippen molar-refractivity contribution in [2.24, 2.45) is 7.05 Å². The van der Waals surface area contributed by atoms with Gasteiger partial charge >= 0.3 is 6.18 Å². The van der Waals surface area contributed by atoms with Crippen LogP contribution in [0.2, 0.25) is 0 Å². The van der Waals surface area contributed by atoms with Gasteiger partial charge in [0.2, 0.25) is 0 Å². The lowest BCUT2D eigenvalue weighted by Gasteiger charge is -2.16. The Labute approximate surface area is 169 Å². The Kier molecular flexibility index (Phi) is 5.20. The number of aliphatic hydroxyl groups excluding tert-OH is 1. The van der Waals surface area contributed by atoms with E-state index in [4.69, 9.17) is 4.74 Å². The van der Waals surface area contributed by atoms with Crippen molar-refractivity contribution in [3.05, 3.63) is 52.6 Å². The molecule has 2 aromatic heterocycles. The number of alkyl halides is 3. The van der Waals surface area contributed by atoms with Crippen molar-refractivity contribution in [2.75, 3.05) is 18.5 Å². The number of hydrogen-bond acceptors (Lipinski definition) is 6. The molecule has 0 aliphatic carbocycles. The summed E-state index contributed by atoms with van der Waals surface area (Å²) in [6.07, 6.45) is -5.13. The second kappa shape index (κ2) is 7.69. The minimum absolute atomic E-state index is 0.00910. The zero-order valence-electron chi connectivity index (χ0n) is 16.0. The number of aromatic nitrogens is 3. The Morgan fingerprint density at radius 1 is 1.30 bits per heavy atom. The van der Waals surface area contributed by atoms with Gasteiger partial charge in [0.15, 0.2) is 6.10 Å². The quantitative estimate of drug-likeness (QED) is 0.675.